The number of carbonyl (C=O) groups is 2. The summed E-state index contributed by atoms with van der Waals surface area (Å²) in [5.74, 6) is 1.11. The van der Waals surface area contributed by atoms with Crippen molar-refractivity contribution in [3.63, 3.8) is 0 Å². The van der Waals surface area contributed by atoms with Gasteiger partial charge in [-0.15, -0.1) is 0 Å². The molecule has 0 saturated carbocycles. The highest BCUT2D eigenvalue weighted by atomic mass is 35.5. The molecule has 7 heteroatoms. The second-order valence-corrected chi connectivity index (χ2v) is 7.62. The lowest BCUT2D eigenvalue weighted by atomic mass is 9.93. The Balaban J connectivity index is 1.47. The molecule has 1 aromatic heterocycles. The predicted molar refractivity (Wildman–Crippen MR) is 105 cm³/mol. The number of aryl methyl sites for hydroxylation is 1. The van der Waals surface area contributed by atoms with Crippen molar-refractivity contribution in [3.05, 3.63) is 58.3 Å². The van der Waals surface area contributed by atoms with Crippen LogP contribution >= 0.6 is 11.6 Å². The molecule has 2 aromatic rings. The fourth-order valence-corrected chi connectivity index (χ4v) is 3.67. The summed E-state index contributed by atoms with van der Waals surface area (Å²) < 4.78 is 18.7. The number of benzene rings is 1. The van der Waals surface area contributed by atoms with Crippen LogP contribution in [0.3, 0.4) is 0 Å². The lowest BCUT2D eigenvalue weighted by Gasteiger charge is -2.33. The molecule has 1 atom stereocenters. The van der Waals surface area contributed by atoms with Gasteiger partial charge in [0.2, 0.25) is 5.91 Å². The highest BCUT2D eigenvalue weighted by Gasteiger charge is 2.25. The van der Waals surface area contributed by atoms with Crippen LogP contribution in [0.2, 0.25) is 5.02 Å². The Morgan fingerprint density at radius 1 is 1.32 bits per heavy atom. The van der Waals surface area contributed by atoms with E-state index in [1.165, 1.54) is 18.2 Å². The number of piperidine rings is 1. The van der Waals surface area contributed by atoms with E-state index in [2.05, 4.69) is 5.32 Å². The summed E-state index contributed by atoms with van der Waals surface area (Å²) in [5.41, 5.74) is 0.388. The van der Waals surface area contributed by atoms with Crippen molar-refractivity contribution in [2.75, 3.05) is 13.1 Å². The monoisotopic (exact) mass is 406 g/mol. The van der Waals surface area contributed by atoms with Gasteiger partial charge in [0, 0.05) is 25.1 Å². The summed E-state index contributed by atoms with van der Waals surface area (Å²) in [4.78, 5) is 26.5. The summed E-state index contributed by atoms with van der Waals surface area (Å²) in [6.07, 6.45) is 3.00. The fourth-order valence-electron chi connectivity index (χ4n) is 3.49. The number of furan rings is 1. The summed E-state index contributed by atoms with van der Waals surface area (Å²) >= 11 is 5.79. The maximum Gasteiger partial charge on any atom is 0.253 e. The van der Waals surface area contributed by atoms with E-state index in [0.717, 1.165) is 30.8 Å². The molecular formula is C21H24ClFN2O3. The zero-order valence-corrected chi connectivity index (χ0v) is 16.6. The van der Waals surface area contributed by atoms with Gasteiger partial charge in [0.05, 0.1) is 11.6 Å². The molecule has 1 N–H and O–H groups in total. The number of hydrogen-bond donors (Lipinski definition) is 1. The molecule has 1 aliphatic heterocycles. The Morgan fingerprint density at radius 2 is 2.14 bits per heavy atom. The van der Waals surface area contributed by atoms with Crippen molar-refractivity contribution in [2.45, 2.75) is 39.2 Å². The number of nitrogens with one attached hydrogen (secondary N) is 1. The zero-order chi connectivity index (χ0) is 20.1. The molecule has 1 unspecified atom stereocenters. The van der Waals surface area contributed by atoms with Crippen LogP contribution in [0.25, 0.3) is 0 Å². The maximum absolute atomic E-state index is 13.3. The van der Waals surface area contributed by atoms with Crippen LogP contribution in [0.4, 0.5) is 4.39 Å². The molecule has 5 nitrogen and oxygen atoms in total. The van der Waals surface area contributed by atoms with Crippen LogP contribution in [0.1, 0.15) is 47.6 Å². The van der Waals surface area contributed by atoms with E-state index in [1.54, 1.807) is 4.90 Å². The van der Waals surface area contributed by atoms with Gasteiger partial charge in [0.1, 0.15) is 17.3 Å². The molecular weight excluding hydrogens is 383 g/mol. The van der Waals surface area contributed by atoms with Crippen LogP contribution in [-0.2, 0) is 11.3 Å². The molecule has 0 aliphatic carbocycles. The van der Waals surface area contributed by atoms with Gasteiger partial charge in [-0.25, -0.2) is 4.39 Å². The Morgan fingerprint density at radius 3 is 2.86 bits per heavy atom. The molecule has 28 heavy (non-hydrogen) atoms. The molecule has 2 heterocycles. The topological polar surface area (TPSA) is 62.6 Å². The third-order valence-corrected chi connectivity index (χ3v) is 5.30. The number of nitrogens with zero attached hydrogens (tertiary/aromatic N) is 1. The molecule has 2 amide bonds. The number of amides is 2. The van der Waals surface area contributed by atoms with Crippen molar-refractivity contribution in [2.24, 2.45) is 5.92 Å². The van der Waals surface area contributed by atoms with E-state index in [4.69, 9.17) is 16.0 Å². The summed E-state index contributed by atoms with van der Waals surface area (Å²) in [5, 5.41) is 2.81. The molecule has 1 saturated heterocycles. The summed E-state index contributed by atoms with van der Waals surface area (Å²) in [6.45, 7) is 3.50. The van der Waals surface area contributed by atoms with Crippen LogP contribution < -0.4 is 5.32 Å². The fraction of sp³-hybridized carbons (Fsp3) is 0.429. The summed E-state index contributed by atoms with van der Waals surface area (Å²) in [7, 11) is 0. The largest absolute Gasteiger partial charge is 0.465 e. The minimum absolute atomic E-state index is 0.0252. The van der Waals surface area contributed by atoms with Gasteiger partial charge < -0.3 is 14.6 Å². The van der Waals surface area contributed by atoms with Crippen LogP contribution in [0.5, 0.6) is 0 Å². The average Bonchev–Trinajstić information content (AvgIpc) is 3.12. The molecule has 1 aromatic carbocycles. The van der Waals surface area contributed by atoms with Crippen molar-refractivity contribution in [3.8, 4) is 0 Å². The Labute approximate surface area is 168 Å². The van der Waals surface area contributed by atoms with Crippen LogP contribution in [-0.4, -0.2) is 29.8 Å². The molecule has 1 aliphatic rings. The first-order chi connectivity index (χ1) is 13.4. The van der Waals surface area contributed by atoms with Gasteiger partial charge in [0.15, 0.2) is 0 Å². The first-order valence-corrected chi connectivity index (χ1v) is 9.86. The molecule has 150 valence electrons. The highest BCUT2D eigenvalue weighted by Crippen LogP contribution is 2.24. The van der Waals surface area contributed by atoms with Gasteiger partial charge in [-0.3, -0.25) is 9.59 Å². The van der Waals surface area contributed by atoms with Crippen molar-refractivity contribution >= 4 is 23.4 Å². The van der Waals surface area contributed by atoms with Gasteiger partial charge in [-0.05, 0) is 62.4 Å². The van der Waals surface area contributed by atoms with Crippen molar-refractivity contribution < 1.29 is 18.4 Å². The third kappa shape index (κ3) is 5.35. The van der Waals surface area contributed by atoms with Crippen molar-refractivity contribution in [1.82, 2.24) is 10.2 Å². The standard InChI is InChI=1S/C21H24ClFN2O3/c1-14-4-7-17(28-14)12-24-20(26)9-5-15-3-2-10-25(13-15)21(27)16-6-8-19(23)18(22)11-16/h4,6-8,11,15H,2-3,5,9-10,12-13H2,1H3,(H,24,26). The number of rotatable bonds is 6. The quantitative estimate of drug-likeness (QED) is 0.776. The van der Waals surface area contributed by atoms with Crippen molar-refractivity contribution in [1.29, 1.82) is 0 Å². The van der Waals surface area contributed by atoms with Crippen LogP contribution in [0, 0.1) is 18.7 Å². The number of halogens is 2. The molecule has 3 rings (SSSR count). The lowest BCUT2D eigenvalue weighted by Crippen LogP contribution is -2.40. The third-order valence-electron chi connectivity index (χ3n) is 5.01. The average molecular weight is 407 g/mol. The predicted octanol–water partition coefficient (Wildman–Crippen LogP) is 4.33. The summed E-state index contributed by atoms with van der Waals surface area (Å²) in [6, 6.07) is 7.75. The Kier molecular flexibility index (Phi) is 6.73. The first-order valence-electron chi connectivity index (χ1n) is 9.48. The van der Waals surface area contributed by atoms with Gasteiger partial charge >= 0.3 is 0 Å². The molecule has 0 radical (unpaired) electrons. The molecule has 1 fully saturated rings. The van der Waals surface area contributed by atoms with E-state index >= 15 is 0 Å². The van der Waals surface area contributed by atoms with Gasteiger partial charge in [-0.1, -0.05) is 11.6 Å². The highest BCUT2D eigenvalue weighted by molar-refractivity contribution is 6.31. The smallest absolute Gasteiger partial charge is 0.253 e. The Bertz CT molecular complexity index is 852. The number of hydrogen-bond acceptors (Lipinski definition) is 3. The van der Waals surface area contributed by atoms with E-state index in [1.807, 2.05) is 19.1 Å². The maximum atomic E-state index is 13.3. The molecule has 0 bridgehead atoms. The minimum Gasteiger partial charge on any atom is -0.465 e. The second kappa shape index (κ2) is 9.24. The van der Waals surface area contributed by atoms with E-state index in [-0.39, 0.29) is 22.8 Å². The normalized spacial score (nSPS) is 16.8. The van der Waals surface area contributed by atoms with Gasteiger partial charge in [0.25, 0.3) is 5.91 Å². The van der Waals surface area contributed by atoms with E-state index < -0.39 is 5.82 Å². The van der Waals surface area contributed by atoms with E-state index in [9.17, 15) is 14.0 Å². The Hall–Kier alpha value is -2.34. The van der Waals surface area contributed by atoms with E-state index in [0.29, 0.717) is 31.6 Å². The minimum atomic E-state index is -0.537. The lowest BCUT2D eigenvalue weighted by molar-refractivity contribution is -0.121. The second-order valence-electron chi connectivity index (χ2n) is 7.22. The van der Waals surface area contributed by atoms with Crippen LogP contribution in [0.15, 0.2) is 34.7 Å². The number of carbonyl (C=O) groups excluding carboxylic acids is 2. The SMILES string of the molecule is Cc1ccc(CNC(=O)CCC2CCCN(C(=O)c3ccc(F)c(Cl)c3)C2)o1. The molecule has 0 spiro atoms. The number of likely N-dealkylation sites (tertiary alicyclic amines) is 1. The zero-order valence-electron chi connectivity index (χ0n) is 15.8. The van der Waals surface area contributed by atoms with Gasteiger partial charge in [-0.2, -0.15) is 0 Å². The first kappa shape index (κ1) is 20.4.